The van der Waals surface area contributed by atoms with Crippen LogP contribution in [0.2, 0.25) is 0 Å². The Hall–Kier alpha value is -3.52. The van der Waals surface area contributed by atoms with Crippen molar-refractivity contribution in [1.29, 1.82) is 0 Å². The highest BCUT2D eigenvalue weighted by atomic mass is 32.2. The van der Waals surface area contributed by atoms with E-state index in [4.69, 9.17) is 9.47 Å². The van der Waals surface area contributed by atoms with Crippen LogP contribution in [0.15, 0.2) is 78.9 Å². The maximum Gasteiger partial charge on any atom is 0.240 e. The Morgan fingerprint density at radius 1 is 0.906 bits per heavy atom. The van der Waals surface area contributed by atoms with Crippen LogP contribution in [0.3, 0.4) is 0 Å². The summed E-state index contributed by atoms with van der Waals surface area (Å²) >= 11 is 0. The van der Waals surface area contributed by atoms with E-state index < -0.39 is 15.9 Å². The molecule has 0 aliphatic heterocycles. The second-order valence-electron chi connectivity index (χ2n) is 7.16. The molecule has 0 aromatic heterocycles. The van der Waals surface area contributed by atoms with Crippen molar-refractivity contribution in [3.63, 3.8) is 0 Å². The van der Waals surface area contributed by atoms with Crippen molar-refractivity contribution >= 4 is 21.6 Å². The summed E-state index contributed by atoms with van der Waals surface area (Å²) < 4.78 is 37.4. The first kappa shape index (κ1) is 23.1. The van der Waals surface area contributed by atoms with Gasteiger partial charge in [-0.2, -0.15) is 0 Å². The molecule has 0 heterocycles. The summed E-state index contributed by atoms with van der Waals surface area (Å²) in [5.41, 5.74) is 1.41. The predicted octanol–water partition coefficient (Wildman–Crippen LogP) is 3.75. The monoisotopic (exact) mass is 454 g/mol. The standard InChI is InChI=1S/C24H26N2O5S/c1-19-12-14-20(15-13-19)30-17-16-25-24(27)18-26(32(2,28)29)22-10-6-7-11-23(22)31-21-8-4-3-5-9-21/h3-15H,16-18H2,1-2H3,(H,25,27). The number of nitrogens with one attached hydrogen (secondary N) is 1. The van der Waals surface area contributed by atoms with Crippen LogP contribution in [-0.4, -0.2) is 40.3 Å². The number of carbonyl (C=O) groups is 1. The molecule has 0 fully saturated rings. The average Bonchev–Trinajstić information content (AvgIpc) is 2.77. The molecule has 0 atom stereocenters. The third kappa shape index (κ3) is 6.75. The van der Waals surface area contributed by atoms with E-state index in [1.165, 1.54) is 0 Å². The van der Waals surface area contributed by atoms with Crippen LogP contribution >= 0.6 is 0 Å². The summed E-state index contributed by atoms with van der Waals surface area (Å²) in [6.45, 7) is 2.12. The number of benzene rings is 3. The molecule has 0 aliphatic carbocycles. The van der Waals surface area contributed by atoms with Crippen molar-refractivity contribution < 1.29 is 22.7 Å². The number of rotatable bonds is 10. The fourth-order valence-corrected chi connectivity index (χ4v) is 3.79. The number of hydrogen-bond donors (Lipinski definition) is 1. The van der Waals surface area contributed by atoms with E-state index in [1.54, 1.807) is 36.4 Å². The minimum Gasteiger partial charge on any atom is -0.492 e. The van der Waals surface area contributed by atoms with Crippen LogP contribution in [0.25, 0.3) is 0 Å². The van der Waals surface area contributed by atoms with Crippen molar-refractivity contribution in [2.24, 2.45) is 0 Å². The number of aryl methyl sites for hydroxylation is 1. The van der Waals surface area contributed by atoms with Crippen molar-refractivity contribution in [3.05, 3.63) is 84.4 Å². The van der Waals surface area contributed by atoms with Gasteiger partial charge >= 0.3 is 0 Å². The number of anilines is 1. The van der Waals surface area contributed by atoms with Crippen molar-refractivity contribution in [2.45, 2.75) is 6.92 Å². The van der Waals surface area contributed by atoms with E-state index in [-0.39, 0.29) is 25.4 Å². The van der Waals surface area contributed by atoms with Gasteiger partial charge in [0.15, 0.2) is 5.75 Å². The van der Waals surface area contributed by atoms with Gasteiger partial charge in [-0.05, 0) is 43.3 Å². The third-order valence-electron chi connectivity index (χ3n) is 4.51. The molecular weight excluding hydrogens is 428 g/mol. The van der Waals surface area contributed by atoms with Gasteiger partial charge in [-0.1, -0.05) is 48.0 Å². The van der Waals surface area contributed by atoms with Crippen LogP contribution in [0.1, 0.15) is 5.56 Å². The number of sulfonamides is 1. The quantitative estimate of drug-likeness (QED) is 0.472. The molecule has 3 rings (SSSR count). The van der Waals surface area contributed by atoms with Gasteiger partial charge in [-0.15, -0.1) is 0 Å². The fourth-order valence-electron chi connectivity index (χ4n) is 2.93. The minimum absolute atomic E-state index is 0.243. The molecule has 0 saturated carbocycles. The lowest BCUT2D eigenvalue weighted by atomic mass is 10.2. The molecule has 0 radical (unpaired) electrons. The topological polar surface area (TPSA) is 84.9 Å². The Labute approximate surface area is 188 Å². The van der Waals surface area contributed by atoms with Crippen molar-refractivity contribution in [3.8, 4) is 17.2 Å². The number of carbonyl (C=O) groups excluding carboxylic acids is 1. The van der Waals surface area contributed by atoms with Gasteiger partial charge in [0.05, 0.1) is 18.5 Å². The summed E-state index contributed by atoms with van der Waals surface area (Å²) in [6.07, 6.45) is 1.06. The molecule has 0 unspecified atom stereocenters. The van der Waals surface area contributed by atoms with Crippen LogP contribution in [0, 0.1) is 6.92 Å². The molecule has 0 aliphatic rings. The van der Waals surface area contributed by atoms with Crippen molar-refractivity contribution in [2.75, 3.05) is 30.3 Å². The Kier molecular flexibility index (Phi) is 7.72. The normalized spacial score (nSPS) is 10.9. The van der Waals surface area contributed by atoms with Gasteiger partial charge in [0.2, 0.25) is 15.9 Å². The smallest absolute Gasteiger partial charge is 0.240 e. The van der Waals surface area contributed by atoms with E-state index in [1.807, 2.05) is 49.4 Å². The maximum absolute atomic E-state index is 12.5. The molecule has 0 saturated heterocycles. The Balaban J connectivity index is 1.64. The first-order chi connectivity index (χ1) is 15.3. The number of ether oxygens (including phenoxy) is 2. The molecule has 32 heavy (non-hydrogen) atoms. The highest BCUT2D eigenvalue weighted by molar-refractivity contribution is 7.92. The largest absolute Gasteiger partial charge is 0.492 e. The molecule has 1 N–H and O–H groups in total. The molecule has 7 nitrogen and oxygen atoms in total. The third-order valence-corrected chi connectivity index (χ3v) is 5.63. The van der Waals surface area contributed by atoms with Crippen LogP contribution in [0.5, 0.6) is 17.2 Å². The van der Waals surface area contributed by atoms with Gasteiger partial charge in [0, 0.05) is 0 Å². The molecule has 168 valence electrons. The van der Waals surface area contributed by atoms with E-state index >= 15 is 0 Å². The molecule has 0 bridgehead atoms. The Morgan fingerprint density at radius 2 is 1.56 bits per heavy atom. The average molecular weight is 455 g/mol. The zero-order valence-electron chi connectivity index (χ0n) is 18.0. The second kappa shape index (κ2) is 10.7. The zero-order valence-corrected chi connectivity index (χ0v) is 18.8. The number of amides is 1. The first-order valence-corrected chi connectivity index (χ1v) is 11.9. The Bertz CT molecular complexity index is 1130. The first-order valence-electron chi connectivity index (χ1n) is 10.1. The SMILES string of the molecule is Cc1ccc(OCCNC(=O)CN(c2ccccc2Oc2ccccc2)S(C)(=O)=O)cc1. The van der Waals surface area contributed by atoms with Gasteiger partial charge in [-0.3, -0.25) is 9.10 Å². The maximum atomic E-state index is 12.5. The molecular formula is C24H26N2O5S. The summed E-state index contributed by atoms with van der Waals surface area (Å²) in [5, 5.41) is 2.69. The highest BCUT2D eigenvalue weighted by Crippen LogP contribution is 2.33. The van der Waals surface area contributed by atoms with Gasteiger partial charge in [0.1, 0.15) is 24.7 Å². The van der Waals surface area contributed by atoms with Crippen LogP contribution in [-0.2, 0) is 14.8 Å². The molecule has 3 aromatic rings. The lowest BCUT2D eigenvalue weighted by molar-refractivity contribution is -0.119. The fraction of sp³-hybridized carbons (Fsp3) is 0.208. The van der Waals surface area contributed by atoms with E-state index in [9.17, 15) is 13.2 Å². The Morgan fingerprint density at radius 3 is 2.25 bits per heavy atom. The van der Waals surface area contributed by atoms with Crippen LogP contribution < -0.4 is 19.1 Å². The number of para-hydroxylation sites is 3. The van der Waals surface area contributed by atoms with Gasteiger partial charge in [-0.25, -0.2) is 8.42 Å². The lowest BCUT2D eigenvalue weighted by Crippen LogP contribution is -2.41. The summed E-state index contributed by atoms with van der Waals surface area (Å²) in [5.74, 6) is 1.15. The molecule has 0 spiro atoms. The number of hydrogen-bond acceptors (Lipinski definition) is 5. The molecule has 3 aromatic carbocycles. The van der Waals surface area contributed by atoms with Crippen LogP contribution in [0.4, 0.5) is 5.69 Å². The van der Waals surface area contributed by atoms with E-state index in [0.29, 0.717) is 17.2 Å². The zero-order chi connectivity index (χ0) is 23.0. The van der Waals surface area contributed by atoms with Gasteiger partial charge in [0.25, 0.3) is 0 Å². The second-order valence-corrected chi connectivity index (χ2v) is 9.07. The van der Waals surface area contributed by atoms with E-state index in [2.05, 4.69) is 5.32 Å². The predicted molar refractivity (Wildman–Crippen MR) is 125 cm³/mol. The van der Waals surface area contributed by atoms with Crippen molar-refractivity contribution in [1.82, 2.24) is 5.32 Å². The number of nitrogens with zero attached hydrogens (tertiary/aromatic N) is 1. The van der Waals surface area contributed by atoms with E-state index in [0.717, 1.165) is 16.1 Å². The minimum atomic E-state index is -3.74. The highest BCUT2D eigenvalue weighted by Gasteiger charge is 2.24. The summed E-state index contributed by atoms with van der Waals surface area (Å²) in [4.78, 5) is 12.5. The summed E-state index contributed by atoms with van der Waals surface area (Å²) in [7, 11) is -3.74. The summed E-state index contributed by atoms with van der Waals surface area (Å²) in [6, 6.07) is 23.3. The molecule has 8 heteroatoms. The molecule has 1 amide bonds. The van der Waals surface area contributed by atoms with Gasteiger partial charge < -0.3 is 14.8 Å². The lowest BCUT2D eigenvalue weighted by Gasteiger charge is -2.24.